The van der Waals surface area contributed by atoms with Gasteiger partial charge in [-0.2, -0.15) is 0 Å². The molecule has 1 N–H and O–H groups in total. The van der Waals surface area contributed by atoms with E-state index in [1.807, 2.05) is 12.1 Å². The Morgan fingerprint density at radius 2 is 2.04 bits per heavy atom. The molecule has 0 spiro atoms. The van der Waals surface area contributed by atoms with Crippen molar-refractivity contribution in [2.45, 2.75) is 44.9 Å². The molecule has 2 aliphatic heterocycles. The Kier molecular flexibility index (Phi) is 3.84. The van der Waals surface area contributed by atoms with E-state index < -0.39 is 6.10 Å². The Balaban J connectivity index is 1.64. The van der Waals surface area contributed by atoms with Crippen LogP contribution in [0.2, 0.25) is 0 Å². The van der Waals surface area contributed by atoms with Gasteiger partial charge in [0.15, 0.2) is 0 Å². The Bertz CT molecular complexity index is 947. The molecule has 3 aromatic rings. The first-order valence-corrected chi connectivity index (χ1v) is 9.66. The Morgan fingerprint density at radius 1 is 1.19 bits per heavy atom. The monoisotopic (exact) mass is 347 g/mol. The molecule has 0 bridgehead atoms. The highest BCUT2D eigenvalue weighted by Crippen LogP contribution is 2.43. The van der Waals surface area contributed by atoms with Crippen molar-refractivity contribution in [2.24, 2.45) is 0 Å². The first-order valence-electron chi connectivity index (χ1n) is 9.66. The second-order valence-electron chi connectivity index (χ2n) is 7.73. The number of aliphatic hydroxyl groups is 1. The smallest absolute Gasteiger partial charge is 0.0970 e. The van der Waals surface area contributed by atoms with Crippen molar-refractivity contribution >= 4 is 10.9 Å². The third-order valence-corrected chi connectivity index (χ3v) is 6.15. The highest BCUT2D eigenvalue weighted by molar-refractivity contribution is 5.87. The topological polar surface area (TPSA) is 41.3 Å². The quantitative estimate of drug-likeness (QED) is 0.784. The largest absolute Gasteiger partial charge is 0.387 e. The van der Waals surface area contributed by atoms with Gasteiger partial charge in [-0.05, 0) is 61.7 Å². The first kappa shape index (κ1) is 16.0. The summed E-state index contributed by atoms with van der Waals surface area (Å²) < 4.78 is 2.38. The molecule has 0 aliphatic carbocycles. The first-order chi connectivity index (χ1) is 12.7. The van der Waals surface area contributed by atoms with Gasteiger partial charge in [-0.25, -0.2) is 0 Å². The fourth-order valence-electron chi connectivity index (χ4n) is 4.93. The lowest BCUT2D eigenvalue weighted by Crippen LogP contribution is -2.31. The Hall–Kier alpha value is -2.17. The highest BCUT2D eigenvalue weighted by Gasteiger charge is 2.35. The minimum absolute atomic E-state index is 0.513. The Morgan fingerprint density at radius 3 is 2.88 bits per heavy atom. The summed E-state index contributed by atoms with van der Waals surface area (Å²) in [4.78, 5) is 6.71. The lowest BCUT2D eigenvalue weighted by Gasteiger charge is -2.31. The molecule has 2 aromatic heterocycles. The van der Waals surface area contributed by atoms with Gasteiger partial charge in [-0.3, -0.25) is 9.88 Å². The molecular weight excluding hydrogens is 322 g/mol. The van der Waals surface area contributed by atoms with E-state index >= 15 is 0 Å². The number of aryl methyl sites for hydroxylation is 1. The summed E-state index contributed by atoms with van der Waals surface area (Å²) in [6.07, 6.45) is 6.61. The molecule has 0 saturated carbocycles. The van der Waals surface area contributed by atoms with Crippen LogP contribution in [0.3, 0.4) is 0 Å². The van der Waals surface area contributed by atoms with Gasteiger partial charge in [0.2, 0.25) is 0 Å². The van der Waals surface area contributed by atoms with Crippen molar-refractivity contribution in [3.8, 4) is 0 Å². The van der Waals surface area contributed by atoms with E-state index in [2.05, 4.69) is 39.6 Å². The van der Waals surface area contributed by atoms with E-state index in [9.17, 15) is 5.11 Å². The molecule has 4 heteroatoms. The number of rotatable bonds is 3. The van der Waals surface area contributed by atoms with E-state index in [-0.39, 0.29) is 0 Å². The van der Waals surface area contributed by atoms with Crippen molar-refractivity contribution in [1.82, 2.24) is 14.5 Å². The summed E-state index contributed by atoms with van der Waals surface area (Å²) >= 11 is 0. The number of benzene rings is 1. The fraction of sp³-hybridized carbons (Fsp3) is 0.409. The predicted molar refractivity (Wildman–Crippen MR) is 103 cm³/mol. The van der Waals surface area contributed by atoms with Crippen LogP contribution >= 0.6 is 0 Å². The number of hydrogen-bond donors (Lipinski definition) is 1. The second-order valence-corrected chi connectivity index (χ2v) is 7.73. The van der Waals surface area contributed by atoms with Gasteiger partial charge >= 0.3 is 0 Å². The average Bonchev–Trinajstić information content (AvgIpc) is 3.25. The van der Waals surface area contributed by atoms with E-state index in [4.69, 9.17) is 0 Å². The van der Waals surface area contributed by atoms with E-state index in [1.165, 1.54) is 47.1 Å². The average molecular weight is 347 g/mol. The highest BCUT2D eigenvalue weighted by atomic mass is 16.3. The molecule has 5 rings (SSSR count). The molecular formula is C22H25N3O. The zero-order valence-electron chi connectivity index (χ0n) is 15.2. The minimum atomic E-state index is -0.513. The van der Waals surface area contributed by atoms with Crippen molar-refractivity contribution in [3.63, 3.8) is 0 Å². The van der Waals surface area contributed by atoms with E-state index in [0.29, 0.717) is 12.6 Å². The summed E-state index contributed by atoms with van der Waals surface area (Å²) in [6, 6.07) is 11.1. The Labute approximate surface area is 154 Å². The maximum Gasteiger partial charge on any atom is 0.0970 e. The van der Waals surface area contributed by atoms with Crippen LogP contribution in [0.15, 0.2) is 42.7 Å². The van der Waals surface area contributed by atoms with Crippen molar-refractivity contribution in [3.05, 3.63) is 65.1 Å². The minimum Gasteiger partial charge on any atom is -0.387 e. The van der Waals surface area contributed by atoms with Crippen molar-refractivity contribution in [1.29, 1.82) is 0 Å². The number of fused-ring (bicyclic) bond motifs is 5. The maximum atomic E-state index is 10.8. The van der Waals surface area contributed by atoms with Gasteiger partial charge in [-0.1, -0.05) is 11.6 Å². The van der Waals surface area contributed by atoms with Crippen LogP contribution in [0.1, 0.15) is 47.4 Å². The maximum absolute atomic E-state index is 10.8. The summed E-state index contributed by atoms with van der Waals surface area (Å²) in [6.45, 7) is 5.14. The lowest BCUT2D eigenvalue weighted by atomic mass is 9.95. The molecule has 4 heterocycles. The van der Waals surface area contributed by atoms with Gasteiger partial charge in [0.1, 0.15) is 0 Å². The molecule has 134 valence electrons. The van der Waals surface area contributed by atoms with Gasteiger partial charge in [0.25, 0.3) is 0 Å². The molecule has 1 saturated heterocycles. The van der Waals surface area contributed by atoms with Crippen LogP contribution in [0.25, 0.3) is 10.9 Å². The number of hydrogen-bond acceptors (Lipinski definition) is 3. The molecule has 2 aliphatic rings. The molecule has 0 unspecified atom stereocenters. The third kappa shape index (κ3) is 2.48. The summed E-state index contributed by atoms with van der Waals surface area (Å²) in [5.74, 6) is 0. The third-order valence-electron chi connectivity index (χ3n) is 6.15. The van der Waals surface area contributed by atoms with Crippen LogP contribution in [0.4, 0.5) is 0 Å². The molecule has 1 aromatic carbocycles. The summed E-state index contributed by atoms with van der Waals surface area (Å²) in [7, 11) is 0. The van der Waals surface area contributed by atoms with Gasteiger partial charge < -0.3 is 9.67 Å². The van der Waals surface area contributed by atoms with Crippen molar-refractivity contribution in [2.75, 3.05) is 13.1 Å². The normalized spacial score (nSPS) is 20.9. The van der Waals surface area contributed by atoms with Crippen LogP contribution in [-0.4, -0.2) is 32.6 Å². The number of nitrogens with zero attached hydrogens (tertiary/aromatic N) is 3. The number of pyridine rings is 1. The zero-order chi connectivity index (χ0) is 17.7. The van der Waals surface area contributed by atoms with Gasteiger partial charge in [0, 0.05) is 48.0 Å². The van der Waals surface area contributed by atoms with Crippen LogP contribution < -0.4 is 0 Å². The summed E-state index contributed by atoms with van der Waals surface area (Å²) in [5.41, 5.74) is 6.46. The molecule has 0 amide bonds. The summed E-state index contributed by atoms with van der Waals surface area (Å²) in [5, 5.41) is 12.2. The second kappa shape index (κ2) is 6.22. The van der Waals surface area contributed by atoms with E-state index in [0.717, 1.165) is 18.5 Å². The fourth-order valence-corrected chi connectivity index (χ4v) is 4.93. The lowest BCUT2D eigenvalue weighted by molar-refractivity contribution is 0.155. The molecule has 0 radical (unpaired) electrons. The zero-order valence-corrected chi connectivity index (χ0v) is 15.2. The van der Waals surface area contributed by atoms with Crippen LogP contribution in [0.5, 0.6) is 0 Å². The molecule has 26 heavy (non-hydrogen) atoms. The standard InChI is InChI=1S/C22H25N3O/c1-15-4-5-18-17(13-15)22-19-3-2-11-24(19)12-8-20(22)25(18)14-21(26)16-6-9-23-10-7-16/h4-7,9-10,13,19,21,26H,2-3,8,11-12,14H2,1H3/t19-,21-/m1/s1. The van der Waals surface area contributed by atoms with Crippen LogP contribution in [0, 0.1) is 6.92 Å². The number of aliphatic hydroxyl groups excluding tert-OH is 1. The van der Waals surface area contributed by atoms with Gasteiger partial charge in [0.05, 0.1) is 12.6 Å². The van der Waals surface area contributed by atoms with Crippen LogP contribution in [-0.2, 0) is 13.0 Å². The molecule has 1 fully saturated rings. The van der Waals surface area contributed by atoms with Crippen molar-refractivity contribution < 1.29 is 5.11 Å². The SMILES string of the molecule is Cc1ccc2c(c1)c1c(n2C[C@@H](O)c2ccncc2)CCN2CCC[C@H]12. The molecule has 4 nitrogen and oxygen atoms in total. The van der Waals surface area contributed by atoms with E-state index in [1.54, 1.807) is 12.4 Å². The predicted octanol–water partition coefficient (Wildman–Crippen LogP) is 3.77. The number of aromatic nitrogens is 2. The molecule has 2 atom stereocenters. The van der Waals surface area contributed by atoms with Gasteiger partial charge in [-0.15, -0.1) is 0 Å².